The van der Waals surface area contributed by atoms with Gasteiger partial charge in [-0.25, -0.2) is 0 Å². The fourth-order valence-electron chi connectivity index (χ4n) is 1.47. The van der Waals surface area contributed by atoms with Crippen LogP contribution in [0.3, 0.4) is 0 Å². The molecule has 0 bridgehead atoms. The molecule has 0 fully saturated rings. The molecule has 4 heteroatoms. The molecule has 0 radical (unpaired) electrons. The minimum atomic E-state index is -0.356. The first-order valence-electron chi connectivity index (χ1n) is 5.29. The smallest absolute Gasteiger partial charge is 0.258 e. The van der Waals surface area contributed by atoms with Crippen LogP contribution in [0, 0.1) is 23.0 Å². The Labute approximate surface area is 104 Å². The maximum Gasteiger partial charge on any atom is 0.269 e. The Kier molecular flexibility index (Phi) is 4.47. The van der Waals surface area contributed by atoms with E-state index in [2.05, 4.69) is 29.8 Å². The normalized spacial score (nSPS) is 12.8. The Morgan fingerprint density at radius 2 is 2.06 bits per heavy atom. The fraction of sp³-hybridized carbons (Fsp3) is 0.500. The summed E-state index contributed by atoms with van der Waals surface area (Å²) in [4.78, 5) is 10.6. The average Bonchev–Trinajstić information content (AvgIpc) is 2.20. The molecule has 1 aromatic carbocycles. The number of non-ortho nitro benzene ring substituents is 1. The van der Waals surface area contributed by atoms with Gasteiger partial charge in [0, 0.05) is 17.0 Å². The molecule has 0 aliphatic carbocycles. The monoisotopic (exact) mass is 285 g/mol. The number of rotatable bonds is 4. The van der Waals surface area contributed by atoms with E-state index in [0.717, 1.165) is 12.0 Å². The predicted molar refractivity (Wildman–Crippen MR) is 69.1 cm³/mol. The van der Waals surface area contributed by atoms with Gasteiger partial charge < -0.3 is 0 Å². The van der Waals surface area contributed by atoms with Crippen molar-refractivity contribution in [3.05, 3.63) is 39.4 Å². The van der Waals surface area contributed by atoms with Crippen molar-refractivity contribution in [2.75, 3.05) is 0 Å². The fourth-order valence-corrected chi connectivity index (χ4v) is 1.82. The van der Waals surface area contributed by atoms with Crippen LogP contribution in [0.25, 0.3) is 0 Å². The zero-order valence-corrected chi connectivity index (χ0v) is 11.3. The molecule has 1 rings (SSSR count). The lowest BCUT2D eigenvalue weighted by Crippen LogP contribution is -2.11. The first-order valence-corrected chi connectivity index (χ1v) is 6.21. The molecule has 0 aliphatic rings. The molecule has 0 heterocycles. The van der Waals surface area contributed by atoms with Gasteiger partial charge in [-0.05, 0) is 30.4 Å². The van der Waals surface area contributed by atoms with Gasteiger partial charge in [-0.2, -0.15) is 0 Å². The number of nitro benzene ring substituents is 1. The Morgan fingerprint density at radius 1 is 1.44 bits per heavy atom. The predicted octanol–water partition coefficient (Wildman–Crippen LogP) is 3.87. The quantitative estimate of drug-likeness (QED) is 0.479. The number of nitro groups is 1. The zero-order valence-electron chi connectivity index (χ0n) is 9.74. The van der Waals surface area contributed by atoms with Crippen LogP contribution in [0.5, 0.6) is 0 Å². The van der Waals surface area contributed by atoms with Gasteiger partial charge in [0.25, 0.3) is 5.69 Å². The van der Waals surface area contributed by atoms with Gasteiger partial charge in [0.2, 0.25) is 0 Å². The van der Waals surface area contributed by atoms with E-state index < -0.39 is 0 Å². The van der Waals surface area contributed by atoms with Crippen molar-refractivity contribution in [1.29, 1.82) is 0 Å². The summed E-state index contributed by atoms with van der Waals surface area (Å²) in [6.07, 6.45) is 0.904. The van der Waals surface area contributed by atoms with Gasteiger partial charge in [0.15, 0.2) is 0 Å². The zero-order chi connectivity index (χ0) is 12.3. The van der Waals surface area contributed by atoms with Gasteiger partial charge >= 0.3 is 0 Å². The molecule has 1 aromatic rings. The van der Waals surface area contributed by atoms with Crippen molar-refractivity contribution in [3.63, 3.8) is 0 Å². The summed E-state index contributed by atoms with van der Waals surface area (Å²) in [5.74, 6) is 0.551. The minimum absolute atomic E-state index is 0.164. The molecule has 0 N–H and O–H groups in total. The van der Waals surface area contributed by atoms with Gasteiger partial charge in [-0.3, -0.25) is 10.1 Å². The first-order chi connectivity index (χ1) is 7.41. The summed E-state index contributed by atoms with van der Waals surface area (Å²) in [6, 6.07) is 5.06. The summed E-state index contributed by atoms with van der Waals surface area (Å²) in [6.45, 7) is 6.22. The van der Waals surface area contributed by atoms with E-state index in [0.29, 0.717) is 10.7 Å². The van der Waals surface area contributed by atoms with E-state index in [4.69, 9.17) is 0 Å². The van der Waals surface area contributed by atoms with Gasteiger partial charge in [0.05, 0.1) is 4.92 Å². The van der Waals surface area contributed by atoms with Crippen LogP contribution in [-0.2, 0) is 6.42 Å². The number of hydrogen-bond donors (Lipinski definition) is 0. The van der Waals surface area contributed by atoms with Crippen LogP contribution in [-0.4, -0.2) is 9.75 Å². The molecule has 3 nitrogen and oxygen atoms in total. The summed E-state index contributed by atoms with van der Waals surface area (Å²) in [7, 11) is 0. The van der Waals surface area contributed by atoms with Crippen LogP contribution in [0.2, 0.25) is 0 Å². The highest BCUT2D eigenvalue weighted by atomic mass is 79.9. The highest BCUT2D eigenvalue weighted by Gasteiger charge is 2.13. The highest BCUT2D eigenvalue weighted by molar-refractivity contribution is 9.09. The second-order valence-electron chi connectivity index (χ2n) is 4.33. The lowest BCUT2D eigenvalue weighted by atomic mass is 9.99. The SMILES string of the molecule is Cc1cc([N+](=O)[O-])ccc1CC(Br)C(C)C. The molecule has 0 aliphatic heterocycles. The van der Waals surface area contributed by atoms with E-state index in [1.807, 2.05) is 13.0 Å². The maximum atomic E-state index is 10.6. The number of nitrogens with zero attached hydrogens (tertiary/aromatic N) is 1. The Morgan fingerprint density at radius 3 is 2.50 bits per heavy atom. The van der Waals surface area contributed by atoms with Crippen LogP contribution < -0.4 is 0 Å². The number of benzene rings is 1. The van der Waals surface area contributed by atoms with Crippen LogP contribution in [0.1, 0.15) is 25.0 Å². The third kappa shape index (κ3) is 3.30. The van der Waals surface area contributed by atoms with E-state index >= 15 is 0 Å². The summed E-state index contributed by atoms with van der Waals surface area (Å²) < 4.78 is 0. The number of halogens is 1. The minimum Gasteiger partial charge on any atom is -0.258 e. The van der Waals surface area contributed by atoms with Crippen LogP contribution in [0.4, 0.5) is 5.69 Å². The Bertz CT molecular complexity index is 391. The molecule has 0 saturated heterocycles. The topological polar surface area (TPSA) is 43.1 Å². The van der Waals surface area contributed by atoms with Crippen molar-refractivity contribution >= 4 is 21.6 Å². The van der Waals surface area contributed by atoms with Crippen molar-refractivity contribution in [2.24, 2.45) is 5.92 Å². The van der Waals surface area contributed by atoms with Crippen molar-refractivity contribution in [2.45, 2.75) is 32.0 Å². The molecule has 88 valence electrons. The number of aryl methyl sites for hydroxylation is 1. The number of hydrogen-bond acceptors (Lipinski definition) is 2. The molecule has 0 amide bonds. The lowest BCUT2D eigenvalue weighted by Gasteiger charge is -2.14. The highest BCUT2D eigenvalue weighted by Crippen LogP contribution is 2.23. The molecule has 1 unspecified atom stereocenters. The molecule has 0 saturated carbocycles. The van der Waals surface area contributed by atoms with E-state index in [-0.39, 0.29) is 10.6 Å². The molecular formula is C12H16BrNO2. The van der Waals surface area contributed by atoms with Crippen LogP contribution >= 0.6 is 15.9 Å². The third-order valence-electron chi connectivity index (χ3n) is 2.68. The summed E-state index contributed by atoms with van der Waals surface area (Å²) in [5, 5.41) is 10.6. The lowest BCUT2D eigenvalue weighted by molar-refractivity contribution is -0.384. The second-order valence-corrected chi connectivity index (χ2v) is 5.51. The Hall–Kier alpha value is -0.900. The van der Waals surface area contributed by atoms with Crippen molar-refractivity contribution < 1.29 is 4.92 Å². The number of alkyl halides is 1. The van der Waals surface area contributed by atoms with E-state index in [1.54, 1.807) is 12.1 Å². The van der Waals surface area contributed by atoms with E-state index in [9.17, 15) is 10.1 Å². The molecule has 16 heavy (non-hydrogen) atoms. The van der Waals surface area contributed by atoms with Crippen molar-refractivity contribution in [1.82, 2.24) is 0 Å². The first kappa shape index (κ1) is 13.2. The molecule has 0 aromatic heterocycles. The van der Waals surface area contributed by atoms with Crippen LogP contribution in [0.15, 0.2) is 18.2 Å². The standard InChI is InChI=1S/C12H16BrNO2/c1-8(2)12(13)7-10-4-5-11(14(15)16)6-9(10)3/h4-6,8,12H,7H2,1-3H3. The molecule has 1 atom stereocenters. The Balaban J connectivity index is 2.87. The summed E-state index contributed by atoms with van der Waals surface area (Å²) in [5.41, 5.74) is 2.32. The van der Waals surface area contributed by atoms with Gasteiger partial charge in [-0.15, -0.1) is 0 Å². The van der Waals surface area contributed by atoms with Gasteiger partial charge in [-0.1, -0.05) is 35.8 Å². The third-order valence-corrected chi connectivity index (χ3v) is 4.06. The maximum absolute atomic E-state index is 10.6. The molecular weight excluding hydrogens is 270 g/mol. The second kappa shape index (κ2) is 5.43. The largest absolute Gasteiger partial charge is 0.269 e. The van der Waals surface area contributed by atoms with Crippen molar-refractivity contribution in [3.8, 4) is 0 Å². The average molecular weight is 286 g/mol. The van der Waals surface area contributed by atoms with Gasteiger partial charge in [0.1, 0.15) is 0 Å². The summed E-state index contributed by atoms with van der Waals surface area (Å²) >= 11 is 3.63. The molecule has 0 spiro atoms. The van der Waals surface area contributed by atoms with E-state index in [1.165, 1.54) is 5.56 Å².